The van der Waals surface area contributed by atoms with Crippen molar-refractivity contribution in [3.8, 4) is 0 Å². The van der Waals surface area contributed by atoms with Crippen molar-refractivity contribution in [1.82, 2.24) is 24.6 Å². The largest absolute Gasteiger partial charge is 0.374 e. The summed E-state index contributed by atoms with van der Waals surface area (Å²) in [4.78, 5) is 20.6. The number of hydrogen-bond donors (Lipinski definition) is 0. The van der Waals surface area contributed by atoms with E-state index in [9.17, 15) is 4.79 Å². The summed E-state index contributed by atoms with van der Waals surface area (Å²) < 4.78 is 7.55. The maximum Gasteiger partial charge on any atom is 0.236 e. The quantitative estimate of drug-likeness (QED) is 0.789. The second kappa shape index (κ2) is 8.22. The number of hydrogen-bond acceptors (Lipinski definition) is 5. The number of nitrogens with zero attached hydrogens (tertiary/aromatic N) is 5. The van der Waals surface area contributed by atoms with E-state index in [4.69, 9.17) is 4.74 Å². The third-order valence-corrected chi connectivity index (χ3v) is 4.70. The Labute approximate surface area is 148 Å². The summed E-state index contributed by atoms with van der Waals surface area (Å²) in [5, 5.41) is 4.11. The Morgan fingerprint density at radius 2 is 2.20 bits per heavy atom. The van der Waals surface area contributed by atoms with E-state index in [1.807, 2.05) is 30.1 Å². The maximum atomic E-state index is 12.7. The molecule has 0 unspecified atom stereocenters. The van der Waals surface area contributed by atoms with Crippen molar-refractivity contribution >= 4 is 5.91 Å². The number of ether oxygens (including phenoxy) is 1. The lowest BCUT2D eigenvalue weighted by atomic mass is 10.1. The van der Waals surface area contributed by atoms with Gasteiger partial charge in [-0.05, 0) is 12.5 Å². The van der Waals surface area contributed by atoms with Crippen LogP contribution in [0.4, 0.5) is 0 Å². The van der Waals surface area contributed by atoms with Crippen LogP contribution < -0.4 is 0 Å². The molecule has 1 aliphatic rings. The molecule has 0 radical (unpaired) electrons. The molecule has 1 aliphatic heterocycles. The van der Waals surface area contributed by atoms with Gasteiger partial charge >= 0.3 is 0 Å². The zero-order chi connectivity index (χ0) is 17.6. The number of morpholine rings is 1. The van der Waals surface area contributed by atoms with Crippen LogP contribution in [0.25, 0.3) is 0 Å². The average Bonchev–Trinajstić information content (AvgIpc) is 3.14. The summed E-state index contributed by atoms with van der Waals surface area (Å²) in [6, 6.07) is 10.2. The van der Waals surface area contributed by atoms with Crippen molar-refractivity contribution in [3.05, 3.63) is 48.5 Å². The molecule has 2 heterocycles. The van der Waals surface area contributed by atoms with Crippen LogP contribution in [0.2, 0.25) is 0 Å². The maximum absolute atomic E-state index is 12.7. The Morgan fingerprint density at radius 1 is 1.40 bits per heavy atom. The summed E-state index contributed by atoms with van der Waals surface area (Å²) in [5.74, 6) is 0.123. The predicted octanol–water partition coefficient (Wildman–Crippen LogP) is 1.20. The first-order valence-corrected chi connectivity index (χ1v) is 8.60. The molecule has 2 aromatic rings. The minimum absolute atomic E-state index is 0.0279. The van der Waals surface area contributed by atoms with E-state index in [0.717, 1.165) is 18.7 Å². The fourth-order valence-electron chi connectivity index (χ4n) is 3.04. The molecule has 0 aliphatic carbocycles. The fraction of sp³-hybridized carbons (Fsp3) is 0.500. The van der Waals surface area contributed by atoms with E-state index in [2.05, 4.69) is 34.0 Å². The highest BCUT2D eigenvalue weighted by Gasteiger charge is 2.25. The zero-order valence-electron chi connectivity index (χ0n) is 14.8. The normalized spacial score (nSPS) is 19.5. The first kappa shape index (κ1) is 17.6. The Bertz CT molecular complexity index is 661. The minimum atomic E-state index is 0.0279. The first-order valence-electron chi connectivity index (χ1n) is 8.60. The van der Waals surface area contributed by atoms with Crippen molar-refractivity contribution in [2.45, 2.75) is 25.6 Å². The lowest BCUT2D eigenvalue weighted by Gasteiger charge is -2.34. The van der Waals surface area contributed by atoms with E-state index in [1.165, 1.54) is 6.33 Å². The van der Waals surface area contributed by atoms with Gasteiger partial charge in [-0.1, -0.05) is 30.3 Å². The number of carbonyl (C=O) groups excluding carboxylic acids is 1. The van der Waals surface area contributed by atoms with Crippen LogP contribution in [0.5, 0.6) is 0 Å². The average molecular weight is 343 g/mol. The van der Waals surface area contributed by atoms with Gasteiger partial charge in [-0.3, -0.25) is 14.4 Å². The van der Waals surface area contributed by atoms with Gasteiger partial charge < -0.3 is 9.64 Å². The fourth-order valence-corrected chi connectivity index (χ4v) is 3.04. The van der Waals surface area contributed by atoms with Crippen molar-refractivity contribution in [3.63, 3.8) is 0 Å². The molecular formula is C18H25N5O2. The molecule has 0 N–H and O–H groups in total. The summed E-state index contributed by atoms with van der Waals surface area (Å²) in [6.07, 6.45) is 3.23. The molecule has 2 atom stereocenters. The lowest BCUT2D eigenvalue weighted by molar-refractivity contribution is -0.135. The van der Waals surface area contributed by atoms with E-state index in [-0.39, 0.29) is 18.1 Å². The summed E-state index contributed by atoms with van der Waals surface area (Å²) in [7, 11) is 1.87. The molecule has 0 saturated carbocycles. The molecule has 25 heavy (non-hydrogen) atoms. The van der Waals surface area contributed by atoms with Gasteiger partial charge in [0, 0.05) is 20.1 Å². The number of carbonyl (C=O) groups is 1. The monoisotopic (exact) mass is 343 g/mol. The van der Waals surface area contributed by atoms with Crippen LogP contribution in [-0.4, -0.2) is 69.9 Å². The Hall–Kier alpha value is -2.25. The van der Waals surface area contributed by atoms with Crippen molar-refractivity contribution in [1.29, 1.82) is 0 Å². The van der Waals surface area contributed by atoms with Crippen LogP contribution in [0.1, 0.15) is 18.5 Å². The van der Waals surface area contributed by atoms with Crippen LogP contribution in [0.15, 0.2) is 43.0 Å². The van der Waals surface area contributed by atoms with Crippen molar-refractivity contribution in [2.24, 2.45) is 0 Å². The lowest BCUT2D eigenvalue weighted by Crippen LogP contribution is -2.48. The molecule has 7 nitrogen and oxygen atoms in total. The number of likely N-dealkylation sites (N-methyl/N-ethyl adjacent to an activating group) is 1. The minimum Gasteiger partial charge on any atom is -0.374 e. The van der Waals surface area contributed by atoms with Crippen molar-refractivity contribution < 1.29 is 9.53 Å². The molecule has 1 aromatic carbocycles. The van der Waals surface area contributed by atoms with Crippen LogP contribution in [0.3, 0.4) is 0 Å². The van der Waals surface area contributed by atoms with Crippen LogP contribution in [-0.2, 0) is 16.1 Å². The standard InChI is InChI=1S/C18H25N5O2/c1-15(16-6-4-3-5-7-16)21(2)18(24)12-22-8-9-25-17(10-22)11-23-14-19-13-20-23/h3-7,13-15,17H,8-12H2,1-2H3/t15-,17-/m1/s1. The van der Waals surface area contributed by atoms with Crippen LogP contribution >= 0.6 is 0 Å². The van der Waals surface area contributed by atoms with Gasteiger partial charge in [0.2, 0.25) is 5.91 Å². The zero-order valence-corrected chi connectivity index (χ0v) is 14.8. The molecule has 1 aromatic heterocycles. The SMILES string of the molecule is C[C@H](c1ccccc1)N(C)C(=O)CN1CCO[C@@H](Cn2cncn2)C1. The van der Waals surface area contributed by atoms with E-state index in [0.29, 0.717) is 19.7 Å². The van der Waals surface area contributed by atoms with Gasteiger partial charge in [-0.15, -0.1) is 0 Å². The Balaban J connectivity index is 1.53. The van der Waals surface area contributed by atoms with Crippen molar-refractivity contribution in [2.75, 3.05) is 33.3 Å². The summed E-state index contributed by atoms with van der Waals surface area (Å²) >= 11 is 0. The third-order valence-electron chi connectivity index (χ3n) is 4.70. The molecular weight excluding hydrogens is 318 g/mol. The van der Waals surface area contributed by atoms with E-state index >= 15 is 0 Å². The molecule has 3 rings (SSSR count). The predicted molar refractivity (Wildman–Crippen MR) is 93.8 cm³/mol. The smallest absolute Gasteiger partial charge is 0.236 e. The molecule has 1 amide bonds. The number of aromatic nitrogens is 3. The van der Waals surface area contributed by atoms with Gasteiger partial charge in [-0.2, -0.15) is 5.10 Å². The molecule has 134 valence electrons. The Morgan fingerprint density at radius 3 is 2.92 bits per heavy atom. The van der Waals surface area contributed by atoms with E-state index < -0.39 is 0 Å². The molecule has 0 spiro atoms. The number of amides is 1. The van der Waals surface area contributed by atoms with Gasteiger partial charge in [0.25, 0.3) is 0 Å². The number of rotatable bonds is 6. The highest BCUT2D eigenvalue weighted by atomic mass is 16.5. The topological polar surface area (TPSA) is 63.5 Å². The highest BCUT2D eigenvalue weighted by molar-refractivity contribution is 5.78. The summed E-state index contributed by atoms with van der Waals surface area (Å²) in [6.45, 7) is 5.24. The molecule has 0 bridgehead atoms. The molecule has 7 heteroatoms. The summed E-state index contributed by atoms with van der Waals surface area (Å²) in [5.41, 5.74) is 1.14. The Kier molecular flexibility index (Phi) is 5.78. The van der Waals surface area contributed by atoms with E-state index in [1.54, 1.807) is 11.0 Å². The number of benzene rings is 1. The second-order valence-electron chi connectivity index (χ2n) is 6.44. The van der Waals surface area contributed by atoms with Gasteiger partial charge in [0.1, 0.15) is 12.7 Å². The van der Waals surface area contributed by atoms with Gasteiger partial charge in [0.15, 0.2) is 0 Å². The second-order valence-corrected chi connectivity index (χ2v) is 6.44. The van der Waals surface area contributed by atoms with Crippen LogP contribution in [0, 0.1) is 0 Å². The molecule has 1 fully saturated rings. The first-order chi connectivity index (χ1) is 12.1. The van der Waals surface area contributed by atoms with Gasteiger partial charge in [-0.25, -0.2) is 4.98 Å². The van der Waals surface area contributed by atoms with Gasteiger partial charge in [0.05, 0.1) is 31.8 Å². The third kappa shape index (κ3) is 4.64. The molecule has 1 saturated heterocycles. The highest BCUT2D eigenvalue weighted by Crippen LogP contribution is 2.18.